The van der Waals surface area contributed by atoms with Gasteiger partial charge in [0.15, 0.2) is 6.61 Å². The molecule has 9 heteroatoms. The first-order chi connectivity index (χ1) is 18.6. The fraction of sp³-hybridized carbons (Fsp3) is 0.300. The predicted molar refractivity (Wildman–Crippen MR) is 150 cm³/mol. The Morgan fingerprint density at radius 1 is 1.05 bits per heavy atom. The molecule has 1 fully saturated rings. The second-order valence-electron chi connectivity index (χ2n) is 9.70. The minimum absolute atomic E-state index is 0.00185. The monoisotopic (exact) mass is 550 g/mol. The van der Waals surface area contributed by atoms with E-state index in [0.29, 0.717) is 33.8 Å². The largest absolute Gasteiger partial charge is 0.495 e. The van der Waals surface area contributed by atoms with Crippen LogP contribution in [0.5, 0.6) is 17.2 Å². The Balaban J connectivity index is 1.33. The van der Waals surface area contributed by atoms with E-state index in [1.807, 2.05) is 13.0 Å². The molecule has 1 aliphatic rings. The molecule has 1 atom stereocenters. The topological polar surface area (TPSA) is 94.2 Å². The summed E-state index contributed by atoms with van der Waals surface area (Å²) in [7, 11) is 1.47. The number of amides is 2. The van der Waals surface area contributed by atoms with E-state index in [1.54, 1.807) is 41.3 Å². The SMILES string of the molecule is COc1ccc(Cl)cc1NC(=O)COC(=O)[C@H]1CC(=O)N(c2ccc(Oc3cc(C)ccc3C(C)C)cc2)C1. The van der Waals surface area contributed by atoms with Crippen LogP contribution in [0, 0.1) is 12.8 Å². The number of methoxy groups -OCH3 is 1. The summed E-state index contributed by atoms with van der Waals surface area (Å²) in [6.07, 6.45) is 0.00185. The lowest BCUT2D eigenvalue weighted by molar-refractivity contribution is -0.151. The second-order valence-corrected chi connectivity index (χ2v) is 10.1. The molecule has 0 aliphatic carbocycles. The quantitative estimate of drug-likeness (QED) is 0.323. The van der Waals surface area contributed by atoms with Crippen LogP contribution in [0.4, 0.5) is 11.4 Å². The van der Waals surface area contributed by atoms with Gasteiger partial charge in [0, 0.05) is 23.7 Å². The molecule has 0 unspecified atom stereocenters. The molecule has 1 heterocycles. The Hall–Kier alpha value is -4.04. The van der Waals surface area contributed by atoms with Crippen molar-refractivity contribution in [2.75, 3.05) is 30.5 Å². The van der Waals surface area contributed by atoms with E-state index in [4.69, 9.17) is 25.8 Å². The smallest absolute Gasteiger partial charge is 0.311 e. The van der Waals surface area contributed by atoms with Crippen molar-refractivity contribution in [1.82, 2.24) is 0 Å². The average molecular weight is 551 g/mol. The van der Waals surface area contributed by atoms with E-state index in [-0.39, 0.29) is 18.9 Å². The van der Waals surface area contributed by atoms with Crippen molar-refractivity contribution in [3.63, 3.8) is 0 Å². The zero-order valence-corrected chi connectivity index (χ0v) is 23.1. The number of carbonyl (C=O) groups is 3. The second kappa shape index (κ2) is 12.2. The Bertz CT molecular complexity index is 1370. The van der Waals surface area contributed by atoms with E-state index in [9.17, 15) is 14.4 Å². The van der Waals surface area contributed by atoms with Crippen LogP contribution in [0.25, 0.3) is 0 Å². The molecular weight excluding hydrogens is 520 g/mol. The minimum Gasteiger partial charge on any atom is -0.495 e. The molecule has 0 bridgehead atoms. The number of ether oxygens (including phenoxy) is 3. The van der Waals surface area contributed by atoms with Gasteiger partial charge < -0.3 is 24.4 Å². The van der Waals surface area contributed by atoms with Gasteiger partial charge in [-0.3, -0.25) is 14.4 Å². The van der Waals surface area contributed by atoms with Gasteiger partial charge in [-0.1, -0.05) is 37.6 Å². The summed E-state index contributed by atoms with van der Waals surface area (Å²) in [5.74, 6) is 0.153. The molecule has 3 aromatic carbocycles. The number of halogens is 1. The van der Waals surface area contributed by atoms with Crippen LogP contribution >= 0.6 is 11.6 Å². The number of anilines is 2. The number of hydrogen-bond donors (Lipinski definition) is 1. The van der Waals surface area contributed by atoms with Gasteiger partial charge in [-0.15, -0.1) is 0 Å². The number of carbonyl (C=O) groups excluding carboxylic acids is 3. The molecule has 1 saturated heterocycles. The summed E-state index contributed by atoms with van der Waals surface area (Å²) in [5.41, 5.74) is 3.24. The van der Waals surface area contributed by atoms with E-state index in [0.717, 1.165) is 16.9 Å². The van der Waals surface area contributed by atoms with Crippen molar-refractivity contribution < 1.29 is 28.6 Å². The van der Waals surface area contributed by atoms with E-state index in [1.165, 1.54) is 13.2 Å². The lowest BCUT2D eigenvalue weighted by Crippen LogP contribution is -2.28. The number of nitrogens with zero attached hydrogens (tertiary/aromatic N) is 1. The number of hydrogen-bond acceptors (Lipinski definition) is 6. The van der Waals surface area contributed by atoms with E-state index in [2.05, 4.69) is 31.3 Å². The Morgan fingerprint density at radius 2 is 1.79 bits per heavy atom. The average Bonchev–Trinajstić information content (AvgIpc) is 3.29. The standard InChI is InChI=1S/C30H31ClN2O6/c1-18(2)24-11-5-19(3)13-27(24)39-23-9-7-22(8-10-23)33-16-20(14-29(33)35)30(36)38-17-28(34)32-25-15-21(31)6-12-26(25)37-4/h5-13,15,18,20H,14,16-17H2,1-4H3,(H,32,34)/t20-/m0/s1. The molecule has 0 aromatic heterocycles. The van der Waals surface area contributed by atoms with Gasteiger partial charge in [-0.25, -0.2) is 0 Å². The maximum Gasteiger partial charge on any atom is 0.311 e. The van der Waals surface area contributed by atoms with Crippen molar-refractivity contribution in [3.8, 4) is 17.2 Å². The molecule has 1 aliphatic heterocycles. The molecule has 39 heavy (non-hydrogen) atoms. The highest BCUT2D eigenvalue weighted by Crippen LogP contribution is 2.33. The van der Waals surface area contributed by atoms with Crippen LogP contribution < -0.4 is 19.7 Å². The maximum atomic E-state index is 12.7. The van der Waals surface area contributed by atoms with Crippen LogP contribution in [0.1, 0.15) is 37.3 Å². The van der Waals surface area contributed by atoms with Crippen LogP contribution in [0.15, 0.2) is 60.7 Å². The van der Waals surface area contributed by atoms with Crippen molar-refractivity contribution in [2.24, 2.45) is 5.92 Å². The fourth-order valence-electron chi connectivity index (χ4n) is 4.36. The zero-order valence-electron chi connectivity index (χ0n) is 22.3. The van der Waals surface area contributed by atoms with E-state index >= 15 is 0 Å². The summed E-state index contributed by atoms with van der Waals surface area (Å²) >= 11 is 5.98. The van der Waals surface area contributed by atoms with Crippen molar-refractivity contribution in [1.29, 1.82) is 0 Å². The van der Waals surface area contributed by atoms with E-state index < -0.39 is 24.4 Å². The zero-order chi connectivity index (χ0) is 28.1. The predicted octanol–water partition coefficient (Wildman–Crippen LogP) is 6.11. The molecular formula is C30H31ClN2O6. The summed E-state index contributed by atoms with van der Waals surface area (Å²) in [5, 5.41) is 3.03. The van der Waals surface area contributed by atoms with Crippen LogP contribution in [-0.2, 0) is 19.1 Å². The third kappa shape index (κ3) is 6.89. The molecule has 4 rings (SSSR count). The van der Waals surface area contributed by atoms with Crippen LogP contribution in [-0.4, -0.2) is 38.0 Å². The normalized spacial score (nSPS) is 14.9. The van der Waals surface area contributed by atoms with Crippen molar-refractivity contribution in [3.05, 3.63) is 76.8 Å². The summed E-state index contributed by atoms with van der Waals surface area (Å²) in [6.45, 7) is 5.91. The highest BCUT2D eigenvalue weighted by molar-refractivity contribution is 6.31. The highest BCUT2D eigenvalue weighted by atomic mass is 35.5. The Morgan fingerprint density at radius 3 is 2.49 bits per heavy atom. The highest BCUT2D eigenvalue weighted by Gasteiger charge is 2.36. The fourth-order valence-corrected chi connectivity index (χ4v) is 4.53. The number of rotatable bonds is 9. The summed E-state index contributed by atoms with van der Waals surface area (Å²) in [6, 6.07) is 18.1. The first kappa shape index (κ1) is 28.0. The number of esters is 1. The summed E-state index contributed by atoms with van der Waals surface area (Å²) in [4.78, 5) is 39.2. The molecule has 3 aromatic rings. The lowest BCUT2D eigenvalue weighted by Gasteiger charge is -2.18. The Labute approximate surface area is 232 Å². The van der Waals surface area contributed by atoms with Gasteiger partial charge in [0.1, 0.15) is 17.2 Å². The van der Waals surface area contributed by atoms with Gasteiger partial charge in [-0.05, 0) is 72.5 Å². The van der Waals surface area contributed by atoms with Crippen molar-refractivity contribution >= 4 is 40.8 Å². The van der Waals surface area contributed by atoms with Gasteiger partial charge >= 0.3 is 5.97 Å². The molecule has 204 valence electrons. The summed E-state index contributed by atoms with van der Waals surface area (Å²) < 4.78 is 16.5. The third-order valence-electron chi connectivity index (χ3n) is 6.41. The number of aryl methyl sites for hydroxylation is 1. The number of nitrogens with one attached hydrogen (secondary N) is 1. The molecule has 0 radical (unpaired) electrons. The third-order valence-corrected chi connectivity index (χ3v) is 6.64. The van der Waals surface area contributed by atoms with Crippen LogP contribution in [0.3, 0.4) is 0 Å². The maximum absolute atomic E-state index is 12.7. The number of benzene rings is 3. The van der Waals surface area contributed by atoms with Gasteiger partial charge in [0.25, 0.3) is 5.91 Å². The first-order valence-corrected chi connectivity index (χ1v) is 13.0. The van der Waals surface area contributed by atoms with Gasteiger partial charge in [-0.2, -0.15) is 0 Å². The lowest BCUT2D eigenvalue weighted by atomic mass is 10.0. The van der Waals surface area contributed by atoms with Gasteiger partial charge in [0.2, 0.25) is 5.91 Å². The molecule has 2 amide bonds. The minimum atomic E-state index is -0.678. The Kier molecular flexibility index (Phi) is 8.76. The molecule has 0 saturated carbocycles. The van der Waals surface area contributed by atoms with Crippen molar-refractivity contribution in [2.45, 2.75) is 33.1 Å². The van der Waals surface area contributed by atoms with Crippen LogP contribution in [0.2, 0.25) is 5.02 Å². The first-order valence-electron chi connectivity index (χ1n) is 12.6. The molecule has 8 nitrogen and oxygen atoms in total. The molecule has 0 spiro atoms. The molecule has 1 N–H and O–H groups in total. The van der Waals surface area contributed by atoms with Gasteiger partial charge in [0.05, 0.1) is 18.7 Å².